The third-order valence-electron chi connectivity index (χ3n) is 2.19. The molecule has 94 valence electrons. The highest BCUT2D eigenvalue weighted by Gasteiger charge is 2.14. The van der Waals surface area contributed by atoms with Crippen LogP contribution in [0.15, 0.2) is 33.3 Å². The number of carbonyl (C=O) groups excluding carboxylic acids is 2. The fraction of sp³-hybridized carbons (Fsp3) is 0.0909. The van der Waals surface area contributed by atoms with Crippen LogP contribution in [0.3, 0.4) is 0 Å². The number of nitrogens with one attached hydrogen (secondary N) is 2. The zero-order valence-corrected chi connectivity index (χ0v) is 10.1. The Balaban J connectivity index is 1.94. The van der Waals surface area contributed by atoms with E-state index in [9.17, 15) is 9.59 Å². The summed E-state index contributed by atoms with van der Waals surface area (Å²) >= 11 is 5.52. The Morgan fingerprint density at radius 3 is 2.44 bits per heavy atom. The lowest BCUT2D eigenvalue weighted by Gasteiger charge is -2.04. The number of hydrogen-bond acceptors (Lipinski definition) is 4. The van der Waals surface area contributed by atoms with Crippen molar-refractivity contribution in [2.75, 3.05) is 0 Å². The molecule has 2 rings (SSSR count). The van der Waals surface area contributed by atoms with Gasteiger partial charge in [-0.1, -0.05) is 0 Å². The SMILES string of the molecule is Cc1occc1C(=O)NNC(=O)c1ccc(Cl)o1. The van der Waals surface area contributed by atoms with Crippen LogP contribution in [0.2, 0.25) is 5.22 Å². The Morgan fingerprint density at radius 1 is 1.17 bits per heavy atom. The van der Waals surface area contributed by atoms with Gasteiger partial charge in [-0.15, -0.1) is 0 Å². The van der Waals surface area contributed by atoms with E-state index in [0.717, 1.165) is 0 Å². The van der Waals surface area contributed by atoms with Gasteiger partial charge in [0.05, 0.1) is 11.8 Å². The van der Waals surface area contributed by atoms with Crippen LogP contribution < -0.4 is 10.9 Å². The average Bonchev–Trinajstić information content (AvgIpc) is 2.94. The van der Waals surface area contributed by atoms with E-state index in [4.69, 9.17) is 20.4 Å². The molecule has 2 amide bonds. The predicted molar refractivity (Wildman–Crippen MR) is 62.1 cm³/mol. The average molecular weight is 269 g/mol. The van der Waals surface area contributed by atoms with Crippen molar-refractivity contribution in [3.8, 4) is 0 Å². The molecule has 0 spiro atoms. The number of hydrazine groups is 1. The molecule has 0 aliphatic rings. The topological polar surface area (TPSA) is 84.5 Å². The smallest absolute Gasteiger partial charge is 0.305 e. The zero-order chi connectivity index (χ0) is 13.1. The summed E-state index contributed by atoms with van der Waals surface area (Å²) in [6, 6.07) is 4.33. The van der Waals surface area contributed by atoms with Gasteiger partial charge in [0.2, 0.25) is 0 Å². The number of carbonyl (C=O) groups is 2. The van der Waals surface area contributed by atoms with E-state index in [-0.39, 0.29) is 11.0 Å². The molecule has 6 nitrogen and oxygen atoms in total. The van der Waals surface area contributed by atoms with Gasteiger partial charge in [0.25, 0.3) is 5.91 Å². The molecule has 2 heterocycles. The first kappa shape index (κ1) is 12.3. The fourth-order valence-electron chi connectivity index (χ4n) is 1.30. The lowest BCUT2D eigenvalue weighted by atomic mass is 10.2. The van der Waals surface area contributed by atoms with Gasteiger partial charge in [-0.3, -0.25) is 20.4 Å². The summed E-state index contributed by atoms with van der Waals surface area (Å²) in [4.78, 5) is 23.1. The molecule has 7 heteroatoms. The first-order valence-corrected chi connectivity index (χ1v) is 5.36. The van der Waals surface area contributed by atoms with Crippen LogP contribution >= 0.6 is 11.6 Å². The largest absolute Gasteiger partial charge is 0.469 e. The minimum absolute atomic E-state index is 0.00390. The van der Waals surface area contributed by atoms with Crippen molar-refractivity contribution in [1.82, 2.24) is 10.9 Å². The van der Waals surface area contributed by atoms with E-state index in [2.05, 4.69) is 10.9 Å². The van der Waals surface area contributed by atoms with E-state index in [1.54, 1.807) is 6.92 Å². The van der Waals surface area contributed by atoms with Crippen LogP contribution in [0.4, 0.5) is 0 Å². The van der Waals surface area contributed by atoms with Gasteiger partial charge in [0, 0.05) is 0 Å². The van der Waals surface area contributed by atoms with Crippen molar-refractivity contribution < 1.29 is 18.4 Å². The lowest BCUT2D eigenvalue weighted by molar-refractivity contribution is 0.0830. The highest BCUT2D eigenvalue weighted by atomic mass is 35.5. The van der Waals surface area contributed by atoms with Gasteiger partial charge in [-0.2, -0.15) is 0 Å². The number of hydrogen-bond donors (Lipinski definition) is 2. The molecule has 0 saturated heterocycles. The second-order valence-corrected chi connectivity index (χ2v) is 3.77. The lowest BCUT2D eigenvalue weighted by Crippen LogP contribution is -2.41. The standard InChI is InChI=1S/C11H9ClN2O4/c1-6-7(4-5-17-6)10(15)13-14-11(16)8-2-3-9(12)18-8/h2-5H,1H3,(H,13,15)(H,14,16). The first-order chi connectivity index (χ1) is 8.58. The second kappa shape index (κ2) is 4.97. The van der Waals surface area contributed by atoms with E-state index in [0.29, 0.717) is 11.3 Å². The number of furan rings is 2. The fourth-order valence-corrected chi connectivity index (χ4v) is 1.45. The number of aryl methyl sites for hydroxylation is 1. The van der Waals surface area contributed by atoms with Crippen LogP contribution in [0, 0.1) is 6.92 Å². The van der Waals surface area contributed by atoms with E-state index < -0.39 is 11.8 Å². The van der Waals surface area contributed by atoms with Crippen LogP contribution in [0.25, 0.3) is 0 Å². The van der Waals surface area contributed by atoms with Gasteiger partial charge in [-0.25, -0.2) is 0 Å². The van der Waals surface area contributed by atoms with Crippen molar-refractivity contribution in [3.05, 3.63) is 46.8 Å². The molecule has 0 aromatic carbocycles. The maximum absolute atomic E-state index is 11.6. The molecule has 0 aliphatic carbocycles. The molecular formula is C11H9ClN2O4. The van der Waals surface area contributed by atoms with E-state index in [1.807, 2.05) is 0 Å². The molecular weight excluding hydrogens is 260 g/mol. The van der Waals surface area contributed by atoms with Gasteiger partial charge in [0.1, 0.15) is 5.76 Å². The van der Waals surface area contributed by atoms with Crippen LogP contribution in [0.5, 0.6) is 0 Å². The van der Waals surface area contributed by atoms with Gasteiger partial charge >= 0.3 is 5.91 Å². The summed E-state index contributed by atoms with van der Waals surface area (Å²) in [7, 11) is 0. The summed E-state index contributed by atoms with van der Waals surface area (Å²) in [5.74, 6) is -0.615. The Bertz CT molecular complexity index is 587. The molecule has 0 aliphatic heterocycles. The van der Waals surface area contributed by atoms with Gasteiger partial charge in [0.15, 0.2) is 11.0 Å². The van der Waals surface area contributed by atoms with Gasteiger partial charge in [-0.05, 0) is 36.7 Å². The summed E-state index contributed by atoms with van der Waals surface area (Å²) < 4.78 is 9.85. The Morgan fingerprint density at radius 2 is 1.89 bits per heavy atom. The monoisotopic (exact) mass is 268 g/mol. The molecule has 0 atom stereocenters. The van der Waals surface area contributed by atoms with Crippen molar-refractivity contribution in [2.24, 2.45) is 0 Å². The summed E-state index contributed by atoms with van der Waals surface area (Å²) in [6.07, 6.45) is 1.39. The van der Waals surface area contributed by atoms with E-state index >= 15 is 0 Å². The summed E-state index contributed by atoms with van der Waals surface area (Å²) in [5.41, 5.74) is 4.77. The van der Waals surface area contributed by atoms with Crippen molar-refractivity contribution in [2.45, 2.75) is 6.92 Å². The molecule has 18 heavy (non-hydrogen) atoms. The van der Waals surface area contributed by atoms with Crippen molar-refractivity contribution >= 4 is 23.4 Å². The molecule has 0 fully saturated rings. The Labute approximate surface area is 107 Å². The van der Waals surface area contributed by atoms with Crippen molar-refractivity contribution in [3.63, 3.8) is 0 Å². The highest BCUT2D eigenvalue weighted by Crippen LogP contribution is 2.12. The van der Waals surface area contributed by atoms with Gasteiger partial charge < -0.3 is 8.83 Å². The molecule has 2 aromatic rings. The predicted octanol–water partition coefficient (Wildman–Crippen LogP) is 1.91. The van der Waals surface area contributed by atoms with Crippen LogP contribution in [0.1, 0.15) is 26.7 Å². The maximum Gasteiger partial charge on any atom is 0.305 e. The first-order valence-electron chi connectivity index (χ1n) is 4.98. The summed E-state index contributed by atoms with van der Waals surface area (Å²) in [6.45, 7) is 1.64. The van der Waals surface area contributed by atoms with E-state index in [1.165, 1.54) is 24.5 Å². The highest BCUT2D eigenvalue weighted by molar-refractivity contribution is 6.29. The molecule has 0 unspecified atom stereocenters. The maximum atomic E-state index is 11.6. The third-order valence-corrected chi connectivity index (χ3v) is 2.39. The third kappa shape index (κ3) is 2.54. The van der Waals surface area contributed by atoms with Crippen molar-refractivity contribution in [1.29, 1.82) is 0 Å². The minimum Gasteiger partial charge on any atom is -0.469 e. The number of amides is 2. The van der Waals surface area contributed by atoms with Crippen LogP contribution in [-0.2, 0) is 0 Å². The second-order valence-electron chi connectivity index (χ2n) is 3.40. The normalized spacial score (nSPS) is 10.1. The molecule has 2 N–H and O–H groups in total. The zero-order valence-electron chi connectivity index (χ0n) is 9.32. The minimum atomic E-state index is -0.601. The number of halogens is 1. The molecule has 2 aromatic heterocycles. The quantitative estimate of drug-likeness (QED) is 0.815. The Hall–Kier alpha value is -2.21. The van der Waals surface area contributed by atoms with Crippen LogP contribution in [-0.4, -0.2) is 11.8 Å². The molecule has 0 bridgehead atoms. The molecule has 0 radical (unpaired) electrons. The Kier molecular flexibility index (Phi) is 3.38. The molecule has 0 saturated carbocycles. The number of rotatable bonds is 2. The summed E-state index contributed by atoms with van der Waals surface area (Å²) in [5, 5.41) is 0.0946.